The van der Waals surface area contributed by atoms with E-state index in [9.17, 15) is 12.8 Å². The first-order chi connectivity index (χ1) is 17.3. The molecule has 0 bridgehead atoms. The molecule has 1 aliphatic rings. The molecule has 0 aliphatic carbocycles. The van der Waals surface area contributed by atoms with Crippen molar-refractivity contribution in [2.24, 2.45) is 0 Å². The van der Waals surface area contributed by atoms with Crippen molar-refractivity contribution in [3.63, 3.8) is 0 Å². The van der Waals surface area contributed by atoms with Crippen LogP contribution < -0.4 is 9.64 Å². The fraction of sp³-hybridized carbons (Fsp3) is 0.565. The van der Waals surface area contributed by atoms with Gasteiger partial charge in [-0.2, -0.15) is 4.98 Å². The van der Waals surface area contributed by atoms with Crippen LogP contribution in [0, 0.1) is 5.82 Å². The Morgan fingerprint density at radius 3 is 2.35 bits per heavy atom. The van der Waals surface area contributed by atoms with E-state index in [1.54, 1.807) is 6.07 Å². The third-order valence-corrected chi connectivity index (χ3v) is 6.48. The van der Waals surface area contributed by atoms with Crippen molar-refractivity contribution in [3.05, 3.63) is 35.4 Å². The number of nitrogens with zero attached hydrogens (tertiary/aromatic N) is 4. The normalized spacial score (nSPS) is 14.4. The third-order valence-electron chi connectivity index (χ3n) is 5.64. The summed E-state index contributed by atoms with van der Waals surface area (Å²) < 4.78 is 47.9. The lowest BCUT2D eigenvalue weighted by Crippen LogP contribution is -2.44. The van der Waals surface area contributed by atoms with E-state index in [-0.39, 0.29) is 17.2 Å². The fourth-order valence-corrected chi connectivity index (χ4v) is 4.39. The van der Waals surface area contributed by atoms with Crippen LogP contribution >= 0.6 is 0 Å². The molecule has 1 aliphatic heterocycles. The van der Waals surface area contributed by atoms with Crippen molar-refractivity contribution in [3.8, 4) is 5.75 Å². The lowest BCUT2D eigenvalue weighted by atomic mass is 10.0. The van der Waals surface area contributed by atoms with Crippen molar-refractivity contribution in [1.82, 2.24) is 15.0 Å². The molecule has 0 unspecified atom stereocenters. The summed E-state index contributed by atoms with van der Waals surface area (Å²) in [6.45, 7) is 6.90. The summed E-state index contributed by atoms with van der Waals surface area (Å²) in [6.07, 6.45) is 3.04. The zero-order valence-electron chi connectivity index (χ0n) is 21.3. The number of hydrogen-bond acceptors (Lipinski definition) is 10. The lowest BCUT2D eigenvalue weighted by Gasteiger charge is -2.35. The van der Waals surface area contributed by atoms with Gasteiger partial charge in [0.2, 0.25) is 0 Å². The number of piperidine rings is 1. The van der Waals surface area contributed by atoms with Gasteiger partial charge in [0.25, 0.3) is 0 Å². The molecule has 0 radical (unpaired) electrons. The molecule has 2 heterocycles. The number of carboxylic acid groups (broad SMARTS) is 2. The summed E-state index contributed by atoms with van der Waals surface area (Å²) in [4.78, 5) is 27.0. The zero-order valence-corrected chi connectivity index (χ0v) is 22.1. The van der Waals surface area contributed by atoms with Crippen molar-refractivity contribution >= 4 is 27.8 Å². The van der Waals surface area contributed by atoms with Crippen LogP contribution in [0.5, 0.6) is 5.75 Å². The summed E-state index contributed by atoms with van der Waals surface area (Å²) in [5.41, 5.74) is 0.153. The van der Waals surface area contributed by atoms with Crippen LogP contribution in [0.1, 0.15) is 44.0 Å². The van der Waals surface area contributed by atoms with Gasteiger partial charge in [0.05, 0.1) is 5.75 Å². The highest BCUT2D eigenvalue weighted by molar-refractivity contribution is 7.89. The molecular weight excluding hydrogens is 511 g/mol. The quantitative estimate of drug-likeness (QED) is 0.442. The molecule has 1 fully saturated rings. The van der Waals surface area contributed by atoms with Crippen LogP contribution in [-0.2, 0) is 25.2 Å². The number of benzene rings is 1. The van der Waals surface area contributed by atoms with Gasteiger partial charge in [-0.1, -0.05) is 25.1 Å². The molecule has 0 amide bonds. The molecule has 1 aromatic carbocycles. The molecule has 2 N–H and O–H groups in total. The first-order valence-corrected chi connectivity index (χ1v) is 13.7. The van der Waals surface area contributed by atoms with E-state index in [0.29, 0.717) is 31.0 Å². The van der Waals surface area contributed by atoms with Gasteiger partial charge in [-0.25, -0.2) is 22.4 Å². The second-order valence-electron chi connectivity index (χ2n) is 9.07. The number of aromatic nitrogens is 2. The van der Waals surface area contributed by atoms with Crippen molar-refractivity contribution in [2.75, 3.05) is 44.4 Å². The minimum Gasteiger partial charge on any atom is -0.492 e. The predicted molar refractivity (Wildman–Crippen MR) is 132 cm³/mol. The van der Waals surface area contributed by atoms with E-state index in [0.717, 1.165) is 38.0 Å². The number of halogens is 1. The first kappa shape index (κ1) is 30.0. The van der Waals surface area contributed by atoms with Crippen LogP contribution in [-0.4, -0.2) is 91.2 Å². The number of ether oxygens (including phenoxy) is 1. The topological polar surface area (TPSA) is 163 Å². The molecule has 0 spiro atoms. The van der Waals surface area contributed by atoms with Gasteiger partial charge < -0.3 is 24.4 Å². The Bertz CT molecular complexity index is 1150. The summed E-state index contributed by atoms with van der Waals surface area (Å²) in [6, 6.07) is 5.33. The van der Waals surface area contributed by atoms with Gasteiger partial charge in [-0.05, 0) is 26.0 Å². The van der Waals surface area contributed by atoms with Crippen LogP contribution in [0.3, 0.4) is 0 Å². The average Bonchev–Trinajstić information content (AvgIpc) is 3.31. The van der Waals surface area contributed by atoms with Gasteiger partial charge in [-0.3, -0.25) is 4.90 Å². The van der Waals surface area contributed by atoms with E-state index >= 15 is 0 Å². The minimum absolute atomic E-state index is 0.153. The van der Waals surface area contributed by atoms with Gasteiger partial charge in [0.1, 0.15) is 18.2 Å². The van der Waals surface area contributed by atoms with Crippen LogP contribution in [0.25, 0.3) is 0 Å². The Kier molecular flexibility index (Phi) is 10.8. The summed E-state index contributed by atoms with van der Waals surface area (Å²) in [7, 11) is -1.22. The number of carbonyl (C=O) groups is 2. The smallest absolute Gasteiger partial charge is 0.414 e. The molecule has 37 heavy (non-hydrogen) atoms. The van der Waals surface area contributed by atoms with Crippen LogP contribution in [0.4, 0.5) is 10.4 Å². The number of aliphatic carboxylic acids is 2. The highest BCUT2D eigenvalue weighted by atomic mass is 32.2. The van der Waals surface area contributed by atoms with Crippen molar-refractivity contribution in [1.29, 1.82) is 0 Å². The minimum atomic E-state index is -3.28. The summed E-state index contributed by atoms with van der Waals surface area (Å²) in [5.74, 6) is -3.16. The molecule has 206 valence electrons. The fourth-order valence-electron chi connectivity index (χ4n) is 3.59. The van der Waals surface area contributed by atoms with Crippen LogP contribution in [0.15, 0.2) is 22.7 Å². The maximum absolute atomic E-state index is 14.1. The van der Waals surface area contributed by atoms with E-state index in [1.807, 2.05) is 13.8 Å². The molecular formula is C23H33FN4O8S. The lowest BCUT2D eigenvalue weighted by molar-refractivity contribution is -0.159. The largest absolute Gasteiger partial charge is 0.492 e. The number of hydrogen-bond donors (Lipinski definition) is 2. The number of likely N-dealkylation sites (N-methyl/N-ethyl adjacent to an activating group) is 1. The standard InChI is InChI=1S/C21H31FN4O4S.C2H2O4/c1-15(2)20-23-21(30-24-20)26-9-7-17(8-10-26)25(3)11-12-29-18-6-5-16(19(22)13-18)14-31(4,27)28;3-1(4)2(5)6/h5-6,13,15,17H,7-12,14H2,1-4H3;(H,3,4)(H,5,6). The van der Waals surface area contributed by atoms with E-state index < -0.39 is 27.6 Å². The molecule has 1 aromatic heterocycles. The van der Waals surface area contributed by atoms with Gasteiger partial charge in [0, 0.05) is 49.5 Å². The zero-order chi connectivity index (χ0) is 27.8. The monoisotopic (exact) mass is 544 g/mol. The summed E-state index contributed by atoms with van der Waals surface area (Å²) >= 11 is 0. The Hall–Kier alpha value is -3.26. The Balaban J connectivity index is 0.000000717. The Morgan fingerprint density at radius 1 is 1.24 bits per heavy atom. The third kappa shape index (κ3) is 9.96. The maximum atomic E-state index is 14.1. The highest BCUT2D eigenvalue weighted by Gasteiger charge is 2.25. The van der Waals surface area contributed by atoms with E-state index in [1.165, 1.54) is 12.1 Å². The Morgan fingerprint density at radius 2 is 1.86 bits per heavy atom. The molecule has 0 atom stereocenters. The van der Waals surface area contributed by atoms with Crippen molar-refractivity contribution in [2.45, 2.75) is 44.4 Å². The predicted octanol–water partition coefficient (Wildman–Crippen LogP) is 2.01. The second-order valence-corrected chi connectivity index (χ2v) is 11.2. The number of anilines is 1. The summed E-state index contributed by atoms with van der Waals surface area (Å²) in [5, 5.41) is 18.8. The molecule has 3 rings (SSSR count). The maximum Gasteiger partial charge on any atom is 0.414 e. The molecule has 2 aromatic rings. The van der Waals surface area contributed by atoms with Crippen molar-refractivity contribution < 1.29 is 41.9 Å². The van der Waals surface area contributed by atoms with E-state index in [4.69, 9.17) is 29.1 Å². The van der Waals surface area contributed by atoms with Gasteiger partial charge in [-0.15, -0.1) is 0 Å². The molecule has 14 heteroatoms. The van der Waals surface area contributed by atoms with Crippen LogP contribution in [0.2, 0.25) is 0 Å². The van der Waals surface area contributed by atoms with Gasteiger partial charge >= 0.3 is 18.0 Å². The first-order valence-electron chi connectivity index (χ1n) is 11.6. The van der Waals surface area contributed by atoms with Gasteiger partial charge in [0.15, 0.2) is 15.7 Å². The SMILES string of the molecule is CC(C)c1noc(N2CCC(N(C)CCOc3ccc(CS(C)(=O)=O)c(F)c3)CC2)n1.O=C(O)C(=O)O. The second kappa shape index (κ2) is 13.3. The molecule has 1 saturated heterocycles. The number of rotatable bonds is 9. The molecule has 12 nitrogen and oxygen atoms in total. The Labute approximate surface area is 214 Å². The number of sulfone groups is 1. The van der Waals surface area contributed by atoms with E-state index in [2.05, 4.69) is 27.0 Å². The highest BCUT2D eigenvalue weighted by Crippen LogP contribution is 2.23. The molecule has 0 saturated carbocycles. The number of carboxylic acids is 2. The average molecular weight is 545 g/mol.